The molecule has 4 aromatic heterocycles. The molecule has 0 aliphatic carbocycles. The summed E-state index contributed by atoms with van der Waals surface area (Å²) in [5, 5.41) is 11.1. The minimum absolute atomic E-state index is 0.0335. The van der Waals surface area contributed by atoms with Crippen LogP contribution in [0.5, 0.6) is 0 Å². The standard InChI is InChI=1S/C20H23FN10O10P2S2/c21-8-12-7(39-18(8)30-4-26-9-14(22)24-3-25-15(9)30)2-37-43(35,45)41-13-11(32)6(1-36-42(34,44)40-12)38-19(13)31-5-27-10-16(31)28-20(23)29-17(10)33/h3-8,11-13,18-19,32H,1-2H2,(H,34,44)(H,35,45)(H2,22,24,25)(H3,23,28,29,33)/t6-,7-,8?,11+,12+,13?,18-,19-,42?,43?/m1/s1. The summed E-state index contributed by atoms with van der Waals surface area (Å²) in [6, 6.07) is 0. The number of hydrogen-bond donors (Lipinski definition) is 6. The zero-order valence-electron chi connectivity index (χ0n) is 22.3. The summed E-state index contributed by atoms with van der Waals surface area (Å²) in [4.78, 5) is 56.8. The van der Waals surface area contributed by atoms with Gasteiger partial charge in [-0.15, -0.1) is 0 Å². The first-order chi connectivity index (χ1) is 21.3. The number of nitrogen functional groups attached to an aromatic ring is 2. The van der Waals surface area contributed by atoms with E-state index in [0.29, 0.717) is 0 Å². The molecule has 8 N–H and O–H groups in total. The molecule has 0 saturated carbocycles. The molecule has 3 aliphatic rings. The van der Waals surface area contributed by atoms with Crippen LogP contribution in [0, 0.1) is 0 Å². The summed E-state index contributed by atoms with van der Waals surface area (Å²) in [7, 11) is 0. The van der Waals surface area contributed by atoms with Gasteiger partial charge in [-0.1, -0.05) is 0 Å². The number of anilines is 2. The topological polar surface area (TPSA) is 275 Å². The highest BCUT2D eigenvalue weighted by molar-refractivity contribution is 8.07. The van der Waals surface area contributed by atoms with Crippen LogP contribution in [0.3, 0.4) is 0 Å². The van der Waals surface area contributed by atoms with Crippen LogP contribution in [0.1, 0.15) is 12.5 Å². The van der Waals surface area contributed by atoms with E-state index < -0.39 is 81.4 Å². The number of nitrogens with one attached hydrogen (secondary N) is 1. The van der Waals surface area contributed by atoms with Gasteiger partial charge in [-0.2, -0.15) is 4.98 Å². The Kier molecular flexibility index (Phi) is 7.76. The molecule has 7 rings (SSSR count). The maximum absolute atomic E-state index is 16.0. The van der Waals surface area contributed by atoms with Crippen molar-refractivity contribution in [3.8, 4) is 0 Å². The van der Waals surface area contributed by atoms with Gasteiger partial charge in [0.05, 0.1) is 25.9 Å². The number of alkyl halides is 1. The van der Waals surface area contributed by atoms with Crippen molar-refractivity contribution in [2.45, 2.75) is 49.1 Å². The molecule has 242 valence electrons. The number of aliphatic hydroxyl groups excluding tert-OH is 1. The van der Waals surface area contributed by atoms with E-state index in [2.05, 4.69) is 29.9 Å². The minimum atomic E-state index is -4.27. The fourth-order valence-electron chi connectivity index (χ4n) is 5.26. The molecule has 0 spiro atoms. The largest absolute Gasteiger partial charge is 0.387 e. The Labute approximate surface area is 259 Å². The van der Waals surface area contributed by atoms with Gasteiger partial charge in [-0.3, -0.25) is 28.0 Å². The van der Waals surface area contributed by atoms with Crippen molar-refractivity contribution in [1.29, 1.82) is 0 Å². The minimum Gasteiger partial charge on any atom is -0.387 e. The molecule has 4 unspecified atom stereocenters. The van der Waals surface area contributed by atoms with Crippen LogP contribution in [-0.4, -0.2) is 104 Å². The summed E-state index contributed by atoms with van der Waals surface area (Å²) < 4.78 is 52.6. The summed E-state index contributed by atoms with van der Waals surface area (Å²) in [6.45, 7) is -9.73. The number of nitrogens with two attached hydrogens (primary N) is 2. The molecular formula is C20H23FN10O10P2S2. The lowest BCUT2D eigenvalue weighted by molar-refractivity contribution is -0.0602. The van der Waals surface area contributed by atoms with Crippen LogP contribution in [0.2, 0.25) is 0 Å². The number of rotatable bonds is 2. The third-order valence-corrected chi connectivity index (χ3v) is 10.4. The number of halogens is 1. The fraction of sp³-hybridized carbons (Fsp3) is 0.500. The van der Waals surface area contributed by atoms with E-state index in [1.54, 1.807) is 0 Å². The lowest BCUT2D eigenvalue weighted by atomic mass is 10.1. The third kappa shape index (κ3) is 5.56. The smallest absolute Gasteiger partial charge is 0.325 e. The summed E-state index contributed by atoms with van der Waals surface area (Å²) in [5.74, 6) is -0.171. The Hall–Kier alpha value is -2.63. The van der Waals surface area contributed by atoms with Crippen molar-refractivity contribution in [1.82, 2.24) is 39.0 Å². The number of hydrogen-bond acceptors (Lipinski definition) is 17. The number of ether oxygens (including phenoxy) is 2. The van der Waals surface area contributed by atoms with E-state index in [4.69, 9.17) is 62.6 Å². The number of imidazole rings is 2. The molecule has 2 bridgehead atoms. The molecule has 25 heteroatoms. The monoisotopic (exact) mass is 708 g/mol. The second-order valence-corrected chi connectivity index (χ2v) is 15.7. The molecule has 3 saturated heterocycles. The van der Waals surface area contributed by atoms with Gasteiger partial charge in [0, 0.05) is 0 Å². The molecule has 45 heavy (non-hydrogen) atoms. The second kappa shape index (κ2) is 11.3. The number of fused-ring (bicyclic) bond motifs is 5. The SMILES string of the molecule is Nc1nc2c(ncn2[C@@H]2O[C@@H]3COP(O)(=S)O[C@@H]4C(F)[C@H](n5cnc6c(N)ncnc65)O[C@@H]4COP(O)(=S)OC2[C@H]3O)c(=O)[nH]1. The average molecular weight is 709 g/mol. The normalized spacial score (nSPS) is 37.7. The quantitative estimate of drug-likeness (QED) is 0.134. The van der Waals surface area contributed by atoms with Crippen molar-refractivity contribution in [3.63, 3.8) is 0 Å². The molecule has 3 fully saturated rings. The number of aromatic nitrogens is 8. The first kappa shape index (κ1) is 31.0. The van der Waals surface area contributed by atoms with Crippen molar-refractivity contribution in [3.05, 3.63) is 29.3 Å². The van der Waals surface area contributed by atoms with Gasteiger partial charge in [0.1, 0.15) is 42.4 Å². The van der Waals surface area contributed by atoms with Crippen molar-refractivity contribution in [2.75, 3.05) is 24.7 Å². The molecule has 10 atom stereocenters. The van der Waals surface area contributed by atoms with E-state index in [1.807, 2.05) is 0 Å². The first-order valence-corrected chi connectivity index (χ1v) is 18.1. The van der Waals surface area contributed by atoms with Crippen LogP contribution in [0.4, 0.5) is 16.2 Å². The van der Waals surface area contributed by atoms with Crippen LogP contribution < -0.4 is 17.0 Å². The van der Waals surface area contributed by atoms with Gasteiger partial charge in [0.25, 0.3) is 5.56 Å². The summed E-state index contributed by atoms with van der Waals surface area (Å²) in [6.07, 6.45) is -8.39. The number of H-pyrrole nitrogens is 1. The van der Waals surface area contributed by atoms with E-state index in [9.17, 15) is 19.7 Å². The summed E-state index contributed by atoms with van der Waals surface area (Å²) >= 11 is 10.4. The lowest BCUT2D eigenvalue weighted by Crippen LogP contribution is -2.35. The third-order valence-electron chi connectivity index (χ3n) is 7.28. The van der Waals surface area contributed by atoms with Crippen molar-refractivity contribution in [2.24, 2.45) is 0 Å². The van der Waals surface area contributed by atoms with Gasteiger partial charge in [0.2, 0.25) is 5.95 Å². The first-order valence-electron chi connectivity index (χ1n) is 12.9. The highest BCUT2D eigenvalue weighted by Gasteiger charge is 2.53. The molecule has 20 nitrogen and oxygen atoms in total. The Morgan fingerprint density at radius 1 is 0.911 bits per heavy atom. The zero-order chi connectivity index (χ0) is 31.8. The van der Waals surface area contributed by atoms with Crippen molar-refractivity contribution < 1.29 is 46.9 Å². The molecular weight excluding hydrogens is 685 g/mol. The van der Waals surface area contributed by atoms with E-state index in [-0.39, 0.29) is 34.1 Å². The second-order valence-electron chi connectivity index (χ2n) is 10.1. The maximum Gasteiger partial charge on any atom is 0.325 e. The Morgan fingerprint density at radius 2 is 1.53 bits per heavy atom. The Balaban J connectivity index is 1.21. The number of nitrogens with zero attached hydrogens (tertiary/aromatic N) is 7. The van der Waals surface area contributed by atoms with Crippen molar-refractivity contribution >= 4 is 71.1 Å². The van der Waals surface area contributed by atoms with Gasteiger partial charge in [-0.25, -0.2) is 24.3 Å². The highest BCUT2D eigenvalue weighted by atomic mass is 32.5. The molecule has 7 heterocycles. The van der Waals surface area contributed by atoms with Crippen LogP contribution in [0.15, 0.2) is 23.8 Å². The van der Waals surface area contributed by atoms with Crippen LogP contribution in [-0.2, 0) is 51.2 Å². The average Bonchev–Trinajstić information content (AvgIpc) is 3.72. The molecule has 0 radical (unpaired) electrons. The highest BCUT2D eigenvalue weighted by Crippen LogP contribution is 2.54. The predicted octanol–water partition coefficient (Wildman–Crippen LogP) is -1.13. The predicted molar refractivity (Wildman–Crippen MR) is 156 cm³/mol. The summed E-state index contributed by atoms with van der Waals surface area (Å²) in [5.41, 5.74) is 11.1. The Bertz CT molecular complexity index is 1950. The van der Waals surface area contributed by atoms with Gasteiger partial charge in [0.15, 0.2) is 41.3 Å². The van der Waals surface area contributed by atoms with Gasteiger partial charge < -0.3 is 44.9 Å². The van der Waals surface area contributed by atoms with E-state index in [1.165, 1.54) is 28.1 Å². The molecule has 3 aliphatic heterocycles. The molecule has 0 amide bonds. The lowest BCUT2D eigenvalue weighted by Gasteiger charge is -2.27. The molecule has 4 aromatic rings. The van der Waals surface area contributed by atoms with E-state index >= 15 is 4.39 Å². The van der Waals surface area contributed by atoms with E-state index in [0.717, 1.165) is 0 Å². The fourth-order valence-corrected chi connectivity index (χ4v) is 8.11. The van der Waals surface area contributed by atoms with Gasteiger partial charge in [-0.05, 0) is 23.6 Å². The van der Waals surface area contributed by atoms with Crippen LogP contribution >= 0.6 is 13.4 Å². The maximum atomic E-state index is 16.0. The van der Waals surface area contributed by atoms with Gasteiger partial charge >= 0.3 is 13.4 Å². The molecule has 0 aromatic carbocycles. The zero-order valence-corrected chi connectivity index (χ0v) is 25.8. The number of aromatic amines is 1. The number of aliphatic hydroxyl groups is 1. The Morgan fingerprint density at radius 3 is 2.27 bits per heavy atom. The van der Waals surface area contributed by atoms with Crippen LogP contribution in [0.25, 0.3) is 22.3 Å².